The summed E-state index contributed by atoms with van der Waals surface area (Å²) in [6.07, 6.45) is 0. The number of carbonyl (C=O) groups is 1. The van der Waals surface area contributed by atoms with Gasteiger partial charge in [-0.1, -0.05) is 6.58 Å². The average molecular weight is 124 g/mol. The lowest BCUT2D eigenvalue weighted by atomic mass is 10.5. The number of hydrogen-bond donors (Lipinski definition) is 1. The molecule has 0 aliphatic rings. The summed E-state index contributed by atoms with van der Waals surface area (Å²) in [5, 5.41) is 2.44. The van der Waals surface area contributed by atoms with Crippen LogP contribution in [-0.2, 0) is 4.79 Å². The minimum absolute atomic E-state index is 0.0585. The predicted octanol–water partition coefficient (Wildman–Crippen LogP) is 0.555. The lowest BCUT2D eigenvalue weighted by molar-refractivity contribution is -0.117. The van der Waals surface area contributed by atoms with Gasteiger partial charge in [-0.05, 0) is 6.92 Å². The van der Waals surface area contributed by atoms with Gasteiger partial charge in [0.1, 0.15) is 0 Å². The van der Waals surface area contributed by atoms with Gasteiger partial charge in [0, 0.05) is 6.54 Å². The highest BCUT2D eigenvalue weighted by molar-refractivity contribution is 5.94. The Kier molecular flexibility index (Phi) is 3.14. The molecule has 0 aromatic carbocycles. The molecule has 0 unspecified atom stereocenters. The Morgan fingerprint density at radius 2 is 2.44 bits per heavy atom. The van der Waals surface area contributed by atoms with Gasteiger partial charge in [-0.15, -0.1) is 0 Å². The second kappa shape index (κ2) is 3.67. The first-order valence-electron chi connectivity index (χ1n) is 2.57. The smallest absolute Gasteiger partial charge is 0.249 e. The largest absolute Gasteiger partial charge is 0.362 e. The van der Waals surface area contributed by atoms with E-state index in [4.69, 9.17) is 6.57 Å². The van der Waals surface area contributed by atoms with Crippen LogP contribution in [0.4, 0.5) is 0 Å². The van der Waals surface area contributed by atoms with E-state index >= 15 is 0 Å². The fraction of sp³-hybridized carbons (Fsp3) is 0.333. The van der Waals surface area contributed by atoms with Crippen LogP contribution in [0.1, 0.15) is 6.92 Å². The van der Waals surface area contributed by atoms with Gasteiger partial charge < -0.3 is 5.32 Å². The molecule has 3 nitrogen and oxygen atoms in total. The average Bonchev–Trinajstić information content (AvgIpc) is 1.87. The number of amides is 1. The van der Waals surface area contributed by atoms with Gasteiger partial charge in [0.2, 0.25) is 11.6 Å². The highest BCUT2D eigenvalue weighted by Crippen LogP contribution is 1.88. The fourth-order valence-corrected chi connectivity index (χ4v) is 0.313. The zero-order chi connectivity index (χ0) is 7.28. The number of hydrogen-bond acceptors (Lipinski definition) is 1. The van der Waals surface area contributed by atoms with Gasteiger partial charge >= 0.3 is 0 Å². The molecule has 0 aliphatic heterocycles. The van der Waals surface area contributed by atoms with E-state index in [-0.39, 0.29) is 11.6 Å². The molecule has 0 fully saturated rings. The first kappa shape index (κ1) is 7.70. The van der Waals surface area contributed by atoms with E-state index in [2.05, 4.69) is 16.7 Å². The van der Waals surface area contributed by atoms with Crippen molar-refractivity contribution in [3.8, 4) is 0 Å². The maximum atomic E-state index is 10.5. The number of nitrogens with one attached hydrogen (secondary N) is 1. The first-order valence-corrected chi connectivity index (χ1v) is 2.57. The fourth-order valence-electron chi connectivity index (χ4n) is 0.313. The maximum absolute atomic E-state index is 10.5. The van der Waals surface area contributed by atoms with Gasteiger partial charge in [0.25, 0.3) is 0 Å². The lowest BCUT2D eigenvalue weighted by Crippen LogP contribution is -2.22. The van der Waals surface area contributed by atoms with Crippen molar-refractivity contribution in [2.45, 2.75) is 6.92 Å². The van der Waals surface area contributed by atoms with E-state index in [1.165, 1.54) is 0 Å². The monoisotopic (exact) mass is 124 g/mol. The van der Waals surface area contributed by atoms with Crippen LogP contribution >= 0.6 is 0 Å². The predicted molar refractivity (Wildman–Crippen MR) is 34.4 cm³/mol. The van der Waals surface area contributed by atoms with Crippen LogP contribution in [-0.4, -0.2) is 12.5 Å². The Morgan fingerprint density at radius 1 is 1.89 bits per heavy atom. The zero-order valence-electron chi connectivity index (χ0n) is 5.27. The SMILES string of the molecule is [C-]#[N+]C(=C)C(=O)NCC. The molecule has 0 heterocycles. The summed E-state index contributed by atoms with van der Waals surface area (Å²) in [6.45, 7) is 11.9. The van der Waals surface area contributed by atoms with Gasteiger partial charge in [-0.3, -0.25) is 4.79 Å². The van der Waals surface area contributed by atoms with Gasteiger partial charge in [0.05, 0.1) is 6.57 Å². The molecule has 0 spiro atoms. The van der Waals surface area contributed by atoms with Crippen molar-refractivity contribution in [1.29, 1.82) is 0 Å². The molecule has 0 saturated carbocycles. The molecule has 0 rings (SSSR count). The summed E-state index contributed by atoms with van der Waals surface area (Å²) in [7, 11) is 0. The summed E-state index contributed by atoms with van der Waals surface area (Å²) in [5.74, 6) is -0.382. The van der Waals surface area contributed by atoms with Crippen LogP contribution < -0.4 is 5.32 Å². The molecule has 9 heavy (non-hydrogen) atoms. The molecule has 1 amide bonds. The van der Waals surface area contributed by atoms with Crippen LogP contribution in [0.15, 0.2) is 12.3 Å². The van der Waals surface area contributed by atoms with Crippen LogP contribution in [0.3, 0.4) is 0 Å². The highest BCUT2D eigenvalue weighted by atomic mass is 16.1. The van der Waals surface area contributed by atoms with Gasteiger partial charge in [-0.25, -0.2) is 4.85 Å². The van der Waals surface area contributed by atoms with Crippen LogP contribution in [0.2, 0.25) is 0 Å². The molecular formula is C6H8N2O. The number of rotatable bonds is 2. The lowest BCUT2D eigenvalue weighted by Gasteiger charge is -1.95. The summed E-state index contributed by atoms with van der Waals surface area (Å²) in [4.78, 5) is 13.4. The minimum atomic E-state index is -0.382. The molecular weight excluding hydrogens is 116 g/mol. The number of nitrogens with zero attached hydrogens (tertiary/aromatic N) is 1. The van der Waals surface area contributed by atoms with E-state index in [0.29, 0.717) is 6.54 Å². The number of likely N-dealkylation sites (N-methyl/N-ethyl adjacent to an activating group) is 1. The van der Waals surface area contributed by atoms with E-state index in [9.17, 15) is 4.79 Å². The maximum Gasteiger partial charge on any atom is 0.249 e. The van der Waals surface area contributed by atoms with Crippen molar-refractivity contribution >= 4 is 5.91 Å². The number of carbonyl (C=O) groups excluding carboxylic acids is 1. The molecule has 3 heteroatoms. The van der Waals surface area contributed by atoms with Crippen molar-refractivity contribution in [3.63, 3.8) is 0 Å². The normalized spacial score (nSPS) is 7.56. The van der Waals surface area contributed by atoms with Crippen LogP contribution in [0.5, 0.6) is 0 Å². The molecule has 0 saturated heterocycles. The standard InChI is InChI=1S/C6H8N2O/c1-4-8-6(9)5(2)7-3/h2,4H2,1H3,(H,8,9). The second-order valence-electron chi connectivity index (χ2n) is 1.42. The Morgan fingerprint density at radius 3 is 2.78 bits per heavy atom. The first-order chi connectivity index (χ1) is 4.22. The van der Waals surface area contributed by atoms with E-state index in [1.807, 2.05) is 0 Å². The molecule has 0 atom stereocenters. The van der Waals surface area contributed by atoms with Crippen molar-refractivity contribution in [2.75, 3.05) is 6.54 Å². The van der Waals surface area contributed by atoms with Crippen molar-refractivity contribution < 1.29 is 4.79 Å². The van der Waals surface area contributed by atoms with Gasteiger partial charge in [-0.2, -0.15) is 0 Å². The van der Waals surface area contributed by atoms with Gasteiger partial charge in [0.15, 0.2) is 0 Å². The third kappa shape index (κ3) is 2.50. The molecule has 0 aliphatic carbocycles. The molecule has 1 N–H and O–H groups in total. The minimum Gasteiger partial charge on any atom is -0.362 e. The van der Waals surface area contributed by atoms with Crippen molar-refractivity contribution in [3.05, 3.63) is 23.7 Å². The zero-order valence-corrected chi connectivity index (χ0v) is 5.27. The summed E-state index contributed by atoms with van der Waals surface area (Å²) < 4.78 is 0. The summed E-state index contributed by atoms with van der Waals surface area (Å²) >= 11 is 0. The Labute approximate surface area is 54.2 Å². The van der Waals surface area contributed by atoms with E-state index in [0.717, 1.165) is 0 Å². The van der Waals surface area contributed by atoms with Crippen molar-refractivity contribution in [1.82, 2.24) is 5.32 Å². The Bertz CT molecular complexity index is 166. The molecule has 48 valence electrons. The third-order valence-corrected chi connectivity index (χ3v) is 0.734. The van der Waals surface area contributed by atoms with Crippen LogP contribution in [0.25, 0.3) is 4.85 Å². The molecule has 0 bridgehead atoms. The topological polar surface area (TPSA) is 33.5 Å². The molecule has 0 aromatic rings. The highest BCUT2D eigenvalue weighted by Gasteiger charge is 2.01. The third-order valence-electron chi connectivity index (χ3n) is 0.734. The summed E-state index contributed by atoms with van der Waals surface area (Å²) in [5.41, 5.74) is -0.0585. The second-order valence-corrected chi connectivity index (χ2v) is 1.42. The molecule has 0 aromatic heterocycles. The van der Waals surface area contributed by atoms with E-state index < -0.39 is 0 Å². The van der Waals surface area contributed by atoms with Crippen molar-refractivity contribution in [2.24, 2.45) is 0 Å². The Balaban J connectivity index is 3.78. The summed E-state index contributed by atoms with van der Waals surface area (Å²) in [6, 6.07) is 0. The van der Waals surface area contributed by atoms with E-state index in [1.54, 1.807) is 6.92 Å². The molecule has 0 radical (unpaired) electrons. The van der Waals surface area contributed by atoms with Crippen LogP contribution in [0, 0.1) is 6.57 Å². The quantitative estimate of drug-likeness (QED) is 0.423. The Hall–Kier alpha value is -1.30.